The summed E-state index contributed by atoms with van der Waals surface area (Å²) in [7, 11) is 1.90. The van der Waals surface area contributed by atoms with Gasteiger partial charge in [-0.15, -0.1) is 11.3 Å². The predicted octanol–water partition coefficient (Wildman–Crippen LogP) is 3.65. The molecule has 8 nitrogen and oxygen atoms in total. The first-order valence-electron chi connectivity index (χ1n) is 11.1. The molecule has 1 aromatic rings. The van der Waals surface area contributed by atoms with E-state index in [1.54, 1.807) is 0 Å². The van der Waals surface area contributed by atoms with Gasteiger partial charge in [0.25, 0.3) is 0 Å². The maximum Gasteiger partial charge on any atom is 0.490 e. The molecule has 3 heterocycles. The number of hydrogen-bond donors (Lipinski definition) is 2. The minimum Gasteiger partial charge on any atom is -0.475 e. The van der Waals surface area contributed by atoms with E-state index in [9.17, 15) is 26.3 Å². The van der Waals surface area contributed by atoms with Crippen molar-refractivity contribution < 1.29 is 50.9 Å². The molecule has 2 saturated heterocycles. The summed E-state index contributed by atoms with van der Waals surface area (Å²) in [6, 6.07) is 0.666. The zero-order valence-electron chi connectivity index (χ0n) is 19.7. The lowest BCUT2D eigenvalue weighted by Crippen LogP contribution is -2.50. The minimum atomic E-state index is -5.08. The normalized spacial score (nSPS) is 24.7. The standard InChI is InChI=1S/C17H27N3OS.2C2HF3O2/c1-12-17(22-11-18-12)10-20-6-5-16(21-2)14-8-19(9-15(14)20)7-13-3-4-13;2*3-2(4,5)1(6)7/h11,13-16H,3-10H2,1-2H3;2*(H,6,7)/t14-,15+,16-;;/m0../s1. The van der Waals surface area contributed by atoms with Crippen LogP contribution in [0.4, 0.5) is 26.3 Å². The highest BCUT2D eigenvalue weighted by Gasteiger charge is 2.45. The monoisotopic (exact) mass is 549 g/mol. The molecule has 206 valence electrons. The molecule has 1 saturated carbocycles. The lowest BCUT2D eigenvalue weighted by molar-refractivity contribution is -0.193. The number of methoxy groups -OCH3 is 1. The fraction of sp³-hybridized carbons (Fsp3) is 0.762. The molecule has 0 aromatic carbocycles. The third kappa shape index (κ3) is 9.16. The molecule has 3 aliphatic rings. The first-order valence-corrected chi connectivity index (χ1v) is 12.0. The average molecular weight is 550 g/mol. The largest absolute Gasteiger partial charge is 0.490 e. The number of fused-ring (bicyclic) bond motifs is 1. The van der Waals surface area contributed by atoms with Gasteiger partial charge < -0.3 is 19.8 Å². The number of nitrogens with zero attached hydrogens (tertiary/aromatic N) is 3. The molecular weight excluding hydrogens is 520 g/mol. The maximum absolute atomic E-state index is 10.6. The van der Waals surface area contributed by atoms with Gasteiger partial charge in [-0.2, -0.15) is 26.3 Å². The number of carboxylic acid groups (broad SMARTS) is 2. The number of halogens is 6. The minimum absolute atomic E-state index is 0.452. The third-order valence-electron chi connectivity index (χ3n) is 6.25. The van der Waals surface area contributed by atoms with E-state index in [1.807, 2.05) is 24.0 Å². The van der Waals surface area contributed by atoms with Gasteiger partial charge in [0.2, 0.25) is 0 Å². The van der Waals surface area contributed by atoms with Crippen molar-refractivity contribution in [1.82, 2.24) is 14.8 Å². The first kappa shape index (κ1) is 30.3. The molecule has 0 amide bonds. The highest BCUT2D eigenvalue weighted by molar-refractivity contribution is 7.09. The molecule has 1 aliphatic carbocycles. The Morgan fingerprint density at radius 3 is 2.06 bits per heavy atom. The van der Waals surface area contributed by atoms with E-state index in [2.05, 4.69) is 21.7 Å². The number of ether oxygens (including phenoxy) is 1. The summed E-state index contributed by atoms with van der Waals surface area (Å²) in [6.45, 7) is 8.16. The Labute approximate surface area is 207 Å². The summed E-state index contributed by atoms with van der Waals surface area (Å²) in [5, 5.41) is 14.2. The van der Waals surface area contributed by atoms with Gasteiger partial charge in [-0.05, 0) is 32.1 Å². The topological polar surface area (TPSA) is 103 Å². The van der Waals surface area contributed by atoms with Crippen LogP contribution in [-0.4, -0.2) is 94.7 Å². The lowest BCUT2D eigenvalue weighted by atomic mass is 9.89. The number of piperidine rings is 1. The Bertz CT molecular complexity index is 853. The van der Waals surface area contributed by atoms with Crippen molar-refractivity contribution in [2.45, 2.75) is 57.2 Å². The summed E-state index contributed by atoms with van der Waals surface area (Å²) in [5.41, 5.74) is 3.20. The molecule has 4 rings (SSSR count). The molecular formula is C21H29F6N3O5S. The molecule has 15 heteroatoms. The second-order valence-electron chi connectivity index (χ2n) is 8.89. The molecule has 3 fully saturated rings. The van der Waals surface area contributed by atoms with Crippen LogP contribution in [0.3, 0.4) is 0 Å². The maximum atomic E-state index is 10.6. The predicted molar refractivity (Wildman–Crippen MR) is 116 cm³/mol. The number of aryl methyl sites for hydroxylation is 1. The Hall–Kier alpha value is -1.97. The molecule has 0 radical (unpaired) electrons. The fourth-order valence-corrected chi connectivity index (χ4v) is 5.09. The van der Waals surface area contributed by atoms with Crippen molar-refractivity contribution >= 4 is 23.3 Å². The summed E-state index contributed by atoms with van der Waals surface area (Å²) in [6.07, 6.45) is -5.65. The number of aromatic nitrogens is 1. The van der Waals surface area contributed by atoms with Crippen LogP contribution in [0.5, 0.6) is 0 Å². The van der Waals surface area contributed by atoms with Gasteiger partial charge in [-0.3, -0.25) is 4.90 Å². The Balaban J connectivity index is 0.000000271. The second kappa shape index (κ2) is 12.5. The van der Waals surface area contributed by atoms with Crippen LogP contribution in [0.25, 0.3) is 0 Å². The van der Waals surface area contributed by atoms with Crippen LogP contribution >= 0.6 is 11.3 Å². The van der Waals surface area contributed by atoms with Crippen LogP contribution < -0.4 is 0 Å². The van der Waals surface area contributed by atoms with Crippen molar-refractivity contribution in [3.8, 4) is 0 Å². The van der Waals surface area contributed by atoms with Gasteiger partial charge >= 0.3 is 24.3 Å². The number of hydrogen-bond acceptors (Lipinski definition) is 7. The van der Waals surface area contributed by atoms with E-state index in [0.717, 1.165) is 19.0 Å². The fourth-order valence-electron chi connectivity index (χ4n) is 4.28. The zero-order chi connectivity index (χ0) is 27.3. The van der Waals surface area contributed by atoms with Gasteiger partial charge in [0, 0.05) is 56.7 Å². The molecule has 2 aliphatic heterocycles. The second-order valence-corrected chi connectivity index (χ2v) is 9.83. The van der Waals surface area contributed by atoms with E-state index in [-0.39, 0.29) is 0 Å². The smallest absolute Gasteiger partial charge is 0.475 e. The molecule has 36 heavy (non-hydrogen) atoms. The number of aliphatic carboxylic acids is 2. The van der Waals surface area contributed by atoms with Crippen molar-refractivity contribution in [3.63, 3.8) is 0 Å². The SMILES string of the molecule is CO[C@H]1CCN(Cc2scnc2C)[C@@H]2CN(CC3CC3)C[C@H]12.O=C(O)C(F)(F)F.O=C(O)C(F)(F)F. The summed E-state index contributed by atoms with van der Waals surface area (Å²) < 4.78 is 69.3. The summed E-state index contributed by atoms with van der Waals surface area (Å²) in [5.74, 6) is -3.84. The van der Waals surface area contributed by atoms with Crippen molar-refractivity contribution in [3.05, 3.63) is 16.1 Å². The van der Waals surface area contributed by atoms with E-state index in [1.165, 1.54) is 49.5 Å². The van der Waals surface area contributed by atoms with Crippen molar-refractivity contribution in [2.24, 2.45) is 11.8 Å². The quantitative estimate of drug-likeness (QED) is 0.537. The highest BCUT2D eigenvalue weighted by Crippen LogP contribution is 2.37. The molecule has 1 aromatic heterocycles. The van der Waals surface area contributed by atoms with Crippen molar-refractivity contribution in [1.29, 1.82) is 0 Å². The van der Waals surface area contributed by atoms with Gasteiger partial charge in [-0.25, -0.2) is 14.6 Å². The van der Waals surface area contributed by atoms with Gasteiger partial charge in [0.05, 0.1) is 17.3 Å². The number of carbonyl (C=O) groups is 2. The average Bonchev–Trinajstić information content (AvgIpc) is 3.33. The number of rotatable bonds is 5. The van der Waals surface area contributed by atoms with E-state index in [4.69, 9.17) is 24.5 Å². The van der Waals surface area contributed by atoms with Crippen LogP contribution in [-0.2, 0) is 20.9 Å². The molecule has 3 atom stereocenters. The number of thiazole rings is 1. The highest BCUT2D eigenvalue weighted by atomic mass is 32.1. The number of likely N-dealkylation sites (tertiary alicyclic amines) is 2. The Kier molecular flexibility index (Phi) is 10.5. The molecule has 2 N–H and O–H groups in total. The van der Waals surface area contributed by atoms with Gasteiger partial charge in [0.1, 0.15) is 0 Å². The van der Waals surface area contributed by atoms with Crippen LogP contribution in [0, 0.1) is 18.8 Å². The number of carboxylic acids is 2. The molecule has 0 bridgehead atoms. The zero-order valence-corrected chi connectivity index (χ0v) is 20.5. The van der Waals surface area contributed by atoms with Crippen LogP contribution in [0.15, 0.2) is 5.51 Å². The summed E-state index contributed by atoms with van der Waals surface area (Å²) in [4.78, 5) is 29.1. The van der Waals surface area contributed by atoms with Gasteiger partial charge in [-0.1, -0.05) is 0 Å². The van der Waals surface area contributed by atoms with Gasteiger partial charge in [0.15, 0.2) is 0 Å². The molecule has 0 spiro atoms. The molecule has 0 unspecified atom stereocenters. The first-order chi connectivity index (χ1) is 16.6. The van der Waals surface area contributed by atoms with E-state index < -0.39 is 24.3 Å². The summed E-state index contributed by atoms with van der Waals surface area (Å²) >= 11 is 1.81. The van der Waals surface area contributed by atoms with Crippen molar-refractivity contribution in [2.75, 3.05) is 33.3 Å². The Morgan fingerprint density at radius 2 is 1.64 bits per heavy atom. The lowest BCUT2D eigenvalue weighted by Gasteiger charge is -2.41. The van der Waals surface area contributed by atoms with Crippen LogP contribution in [0.1, 0.15) is 29.8 Å². The Morgan fingerprint density at radius 1 is 1.08 bits per heavy atom. The van der Waals surface area contributed by atoms with E-state index in [0.29, 0.717) is 18.1 Å². The van der Waals surface area contributed by atoms with E-state index >= 15 is 0 Å². The van der Waals surface area contributed by atoms with Crippen LogP contribution in [0.2, 0.25) is 0 Å². The third-order valence-corrected chi connectivity index (χ3v) is 7.17. The number of alkyl halides is 6.